The van der Waals surface area contributed by atoms with E-state index in [1.54, 1.807) is 7.11 Å². The Balaban J connectivity index is 2.75. The largest absolute Gasteiger partial charge is 0.497 e. The molecule has 0 aliphatic carbocycles. The van der Waals surface area contributed by atoms with Crippen molar-refractivity contribution in [2.45, 2.75) is 45.5 Å². The summed E-state index contributed by atoms with van der Waals surface area (Å²) < 4.78 is 12.4. The minimum Gasteiger partial charge on any atom is -0.497 e. The Kier molecular flexibility index (Phi) is 5.03. The number of hydrogen-bond acceptors (Lipinski definition) is 2. The van der Waals surface area contributed by atoms with Gasteiger partial charge in [0.2, 0.25) is 0 Å². The Bertz CT molecular complexity index is 411. The van der Waals surface area contributed by atoms with E-state index in [1.807, 2.05) is 12.1 Å². The van der Waals surface area contributed by atoms with Crippen LogP contribution in [0.25, 0.3) is 0 Å². The van der Waals surface area contributed by atoms with Crippen LogP contribution in [-0.2, 0) is 11.0 Å². The average Bonchev–Trinajstić information content (AvgIpc) is 2.25. The molecule has 1 aromatic rings. The number of ether oxygens (including phenoxy) is 1. The van der Waals surface area contributed by atoms with Crippen LogP contribution < -0.4 is 4.74 Å². The molecule has 0 heterocycles. The molecule has 0 aromatic heterocycles. The maximum Gasteiger partial charge on any atom is 0.192 e. The zero-order valence-corrected chi connectivity index (χ0v) is 14.7. The first kappa shape index (κ1) is 15.7. The molecule has 0 spiro atoms. The van der Waals surface area contributed by atoms with Gasteiger partial charge in [0.1, 0.15) is 5.75 Å². The maximum atomic E-state index is 6.20. The zero-order valence-electron chi connectivity index (χ0n) is 12.1. The lowest BCUT2D eigenvalue weighted by molar-refractivity contribution is 0.275. The third-order valence-electron chi connectivity index (χ3n) is 3.65. The van der Waals surface area contributed by atoms with Crippen LogP contribution in [0.2, 0.25) is 18.1 Å². The first-order valence-corrected chi connectivity index (χ1v) is 9.84. The van der Waals surface area contributed by atoms with Crippen molar-refractivity contribution in [3.8, 4) is 5.75 Å². The van der Waals surface area contributed by atoms with Crippen molar-refractivity contribution in [2.24, 2.45) is 0 Å². The van der Waals surface area contributed by atoms with E-state index >= 15 is 0 Å². The highest BCUT2D eigenvalue weighted by molar-refractivity contribution is 9.10. The van der Waals surface area contributed by atoms with E-state index in [1.165, 1.54) is 5.56 Å². The van der Waals surface area contributed by atoms with Crippen LogP contribution >= 0.6 is 15.9 Å². The number of rotatable bonds is 4. The van der Waals surface area contributed by atoms with Gasteiger partial charge in [-0.2, -0.15) is 0 Å². The van der Waals surface area contributed by atoms with Crippen LogP contribution in [0, 0.1) is 0 Å². The van der Waals surface area contributed by atoms with Gasteiger partial charge in [0.25, 0.3) is 0 Å². The molecular formula is C14H23BrO2Si. The summed E-state index contributed by atoms with van der Waals surface area (Å²) in [4.78, 5) is 0. The van der Waals surface area contributed by atoms with Gasteiger partial charge in [-0.25, -0.2) is 0 Å². The molecule has 0 atom stereocenters. The highest BCUT2D eigenvalue weighted by atomic mass is 79.9. The van der Waals surface area contributed by atoms with Gasteiger partial charge in [-0.1, -0.05) is 42.8 Å². The highest BCUT2D eigenvalue weighted by Crippen LogP contribution is 2.37. The minimum absolute atomic E-state index is 0.242. The summed E-state index contributed by atoms with van der Waals surface area (Å²) in [7, 11) is -0.0104. The van der Waals surface area contributed by atoms with E-state index in [4.69, 9.17) is 9.16 Å². The second-order valence-corrected chi connectivity index (χ2v) is 11.7. The van der Waals surface area contributed by atoms with Crippen LogP contribution in [-0.4, -0.2) is 15.4 Å². The van der Waals surface area contributed by atoms with Crippen LogP contribution in [0.3, 0.4) is 0 Å². The van der Waals surface area contributed by atoms with Gasteiger partial charge in [-0.05, 0) is 35.8 Å². The number of methoxy groups -OCH3 is 1. The van der Waals surface area contributed by atoms with E-state index in [0.717, 1.165) is 10.2 Å². The SMILES string of the molecule is COc1ccc(CO[Si](C)(C)C(C)(C)C)c(Br)c1. The molecule has 0 bridgehead atoms. The van der Waals surface area contributed by atoms with Crippen molar-refractivity contribution < 1.29 is 9.16 Å². The number of halogens is 1. The molecule has 4 heteroatoms. The molecule has 0 aliphatic rings. The monoisotopic (exact) mass is 330 g/mol. The lowest BCUT2D eigenvalue weighted by Crippen LogP contribution is -2.40. The predicted molar refractivity (Wildman–Crippen MR) is 82.7 cm³/mol. The molecule has 0 aliphatic heterocycles. The van der Waals surface area contributed by atoms with Gasteiger partial charge < -0.3 is 9.16 Å². The normalized spacial score (nSPS) is 12.6. The van der Waals surface area contributed by atoms with Crippen LogP contribution in [0.4, 0.5) is 0 Å². The molecular weight excluding hydrogens is 308 g/mol. The van der Waals surface area contributed by atoms with Crippen molar-refractivity contribution in [1.82, 2.24) is 0 Å². The molecule has 1 aromatic carbocycles. The topological polar surface area (TPSA) is 18.5 Å². The predicted octanol–water partition coefficient (Wildman–Crippen LogP) is 4.98. The lowest BCUT2D eigenvalue weighted by atomic mass is 10.2. The van der Waals surface area contributed by atoms with E-state index < -0.39 is 8.32 Å². The molecule has 0 fully saturated rings. The van der Waals surface area contributed by atoms with Crippen LogP contribution in [0.15, 0.2) is 22.7 Å². The highest BCUT2D eigenvalue weighted by Gasteiger charge is 2.37. The molecule has 0 radical (unpaired) electrons. The number of hydrogen-bond donors (Lipinski definition) is 0. The summed E-state index contributed by atoms with van der Waals surface area (Å²) in [6.45, 7) is 11.9. The summed E-state index contributed by atoms with van der Waals surface area (Å²) in [5, 5.41) is 0.242. The molecule has 18 heavy (non-hydrogen) atoms. The Morgan fingerprint density at radius 2 is 1.83 bits per heavy atom. The summed E-state index contributed by atoms with van der Waals surface area (Å²) in [5.41, 5.74) is 1.17. The Labute approximate surface area is 120 Å². The summed E-state index contributed by atoms with van der Waals surface area (Å²) >= 11 is 3.56. The summed E-state index contributed by atoms with van der Waals surface area (Å²) in [5.74, 6) is 0.859. The smallest absolute Gasteiger partial charge is 0.192 e. The van der Waals surface area contributed by atoms with Crippen molar-refractivity contribution in [1.29, 1.82) is 0 Å². The quantitative estimate of drug-likeness (QED) is 0.725. The summed E-state index contributed by atoms with van der Waals surface area (Å²) in [6.07, 6.45) is 0. The van der Waals surface area contributed by atoms with E-state index in [0.29, 0.717) is 6.61 Å². The first-order valence-electron chi connectivity index (χ1n) is 6.14. The van der Waals surface area contributed by atoms with Gasteiger partial charge in [0, 0.05) is 4.47 Å². The van der Waals surface area contributed by atoms with Gasteiger partial charge in [0.05, 0.1) is 13.7 Å². The van der Waals surface area contributed by atoms with Gasteiger partial charge in [-0.15, -0.1) is 0 Å². The lowest BCUT2D eigenvalue weighted by Gasteiger charge is -2.36. The average molecular weight is 331 g/mol. The molecule has 102 valence electrons. The van der Waals surface area contributed by atoms with Crippen molar-refractivity contribution in [2.75, 3.05) is 7.11 Å². The molecule has 0 amide bonds. The molecule has 0 saturated heterocycles. The zero-order chi connectivity index (χ0) is 14.0. The third kappa shape index (κ3) is 3.83. The molecule has 0 unspecified atom stereocenters. The molecule has 1 rings (SSSR count). The van der Waals surface area contributed by atoms with Crippen LogP contribution in [0.5, 0.6) is 5.75 Å². The minimum atomic E-state index is -1.68. The van der Waals surface area contributed by atoms with E-state index in [2.05, 4.69) is 55.9 Å². The fourth-order valence-corrected chi connectivity index (χ4v) is 2.67. The fourth-order valence-electron chi connectivity index (χ4n) is 1.25. The van der Waals surface area contributed by atoms with Gasteiger partial charge >= 0.3 is 0 Å². The van der Waals surface area contributed by atoms with Crippen molar-refractivity contribution >= 4 is 24.2 Å². The molecule has 2 nitrogen and oxygen atoms in total. The van der Waals surface area contributed by atoms with Gasteiger partial charge in [-0.3, -0.25) is 0 Å². The standard InChI is InChI=1S/C14H23BrO2Si/c1-14(2,3)18(5,6)17-10-11-7-8-12(16-4)9-13(11)15/h7-9H,10H2,1-6H3. The second-order valence-electron chi connectivity index (χ2n) is 6.01. The van der Waals surface area contributed by atoms with Crippen molar-refractivity contribution in [3.05, 3.63) is 28.2 Å². The summed E-state index contributed by atoms with van der Waals surface area (Å²) in [6, 6.07) is 6.00. The molecule has 0 N–H and O–H groups in total. The van der Waals surface area contributed by atoms with Crippen molar-refractivity contribution in [3.63, 3.8) is 0 Å². The second kappa shape index (κ2) is 5.76. The fraction of sp³-hybridized carbons (Fsp3) is 0.571. The van der Waals surface area contributed by atoms with Gasteiger partial charge in [0.15, 0.2) is 8.32 Å². The number of benzene rings is 1. The third-order valence-corrected chi connectivity index (χ3v) is 8.87. The Hall–Kier alpha value is -0.323. The van der Waals surface area contributed by atoms with Crippen LogP contribution in [0.1, 0.15) is 26.3 Å². The van der Waals surface area contributed by atoms with E-state index in [9.17, 15) is 0 Å². The maximum absolute atomic E-state index is 6.20. The molecule has 0 saturated carbocycles. The Morgan fingerprint density at radius 1 is 1.22 bits per heavy atom. The first-order chi connectivity index (χ1) is 8.17. The van der Waals surface area contributed by atoms with E-state index in [-0.39, 0.29) is 5.04 Å². The Morgan fingerprint density at radius 3 is 2.28 bits per heavy atom.